The minimum absolute atomic E-state index is 0.146. The molecule has 0 aromatic carbocycles. The topological polar surface area (TPSA) is 58.9 Å². The molecule has 4 heteroatoms. The van der Waals surface area contributed by atoms with Crippen molar-refractivity contribution in [1.29, 1.82) is 0 Å². The van der Waals surface area contributed by atoms with Crippen molar-refractivity contribution in [3.63, 3.8) is 0 Å². The number of nitrogens with one attached hydrogen (secondary N) is 1. The average molecular weight is 142 g/mol. The number of nitrogens with two attached hydrogens (primary N) is 1. The highest BCUT2D eigenvalue weighted by molar-refractivity contribution is 5.05. The van der Waals surface area contributed by atoms with Gasteiger partial charge in [-0.15, -0.1) is 0 Å². The van der Waals surface area contributed by atoms with Crippen LogP contribution in [0, 0.1) is 5.82 Å². The summed E-state index contributed by atoms with van der Waals surface area (Å²) in [4.78, 5) is 12.9. The Kier molecular flexibility index (Phi) is 1.82. The summed E-state index contributed by atoms with van der Waals surface area (Å²) in [6.45, 7) is 0.146. The SMILES string of the molecule is NCc1cc(F)cc(=O)[nH]1. The van der Waals surface area contributed by atoms with E-state index in [1.807, 2.05) is 0 Å². The van der Waals surface area contributed by atoms with Gasteiger partial charge in [-0.25, -0.2) is 4.39 Å². The van der Waals surface area contributed by atoms with Gasteiger partial charge >= 0.3 is 0 Å². The molecule has 0 aliphatic rings. The molecule has 0 aliphatic carbocycles. The number of aromatic nitrogens is 1. The summed E-state index contributed by atoms with van der Waals surface area (Å²) in [5.41, 5.74) is 5.10. The monoisotopic (exact) mass is 142 g/mol. The van der Waals surface area contributed by atoms with Crippen LogP contribution in [0.3, 0.4) is 0 Å². The van der Waals surface area contributed by atoms with Gasteiger partial charge in [-0.2, -0.15) is 0 Å². The molecule has 0 saturated carbocycles. The number of aromatic amines is 1. The molecule has 1 aromatic rings. The van der Waals surface area contributed by atoms with Gasteiger partial charge in [0.15, 0.2) is 0 Å². The number of pyridine rings is 1. The second-order valence-electron chi connectivity index (χ2n) is 1.89. The second kappa shape index (κ2) is 2.62. The predicted octanol–water partition coefficient (Wildman–Crippen LogP) is -0.0273. The van der Waals surface area contributed by atoms with E-state index in [1.165, 1.54) is 6.07 Å². The van der Waals surface area contributed by atoms with Crippen LogP contribution in [-0.4, -0.2) is 4.98 Å². The van der Waals surface area contributed by atoms with Gasteiger partial charge in [0.05, 0.1) is 0 Å². The van der Waals surface area contributed by atoms with E-state index in [-0.39, 0.29) is 6.54 Å². The molecule has 54 valence electrons. The first-order valence-corrected chi connectivity index (χ1v) is 2.81. The van der Waals surface area contributed by atoms with Crippen molar-refractivity contribution in [2.45, 2.75) is 6.54 Å². The minimum Gasteiger partial charge on any atom is -0.325 e. The second-order valence-corrected chi connectivity index (χ2v) is 1.89. The van der Waals surface area contributed by atoms with Crippen LogP contribution in [0.1, 0.15) is 5.69 Å². The third-order valence-electron chi connectivity index (χ3n) is 1.08. The lowest BCUT2D eigenvalue weighted by Crippen LogP contribution is -2.11. The van der Waals surface area contributed by atoms with Gasteiger partial charge < -0.3 is 10.7 Å². The molecule has 3 nitrogen and oxygen atoms in total. The van der Waals surface area contributed by atoms with Gasteiger partial charge in [-0.05, 0) is 6.07 Å². The zero-order valence-corrected chi connectivity index (χ0v) is 5.23. The first kappa shape index (κ1) is 6.95. The molecule has 0 radical (unpaired) electrons. The molecule has 0 spiro atoms. The van der Waals surface area contributed by atoms with Gasteiger partial charge in [0.1, 0.15) is 5.82 Å². The van der Waals surface area contributed by atoms with E-state index in [0.717, 1.165) is 6.07 Å². The van der Waals surface area contributed by atoms with E-state index in [1.54, 1.807) is 0 Å². The molecular formula is C6H7FN2O. The lowest BCUT2D eigenvalue weighted by atomic mass is 10.3. The highest BCUT2D eigenvalue weighted by Crippen LogP contribution is 1.93. The summed E-state index contributed by atoms with van der Waals surface area (Å²) < 4.78 is 12.3. The van der Waals surface area contributed by atoms with Crippen LogP contribution in [0.15, 0.2) is 16.9 Å². The van der Waals surface area contributed by atoms with Crippen LogP contribution >= 0.6 is 0 Å². The van der Waals surface area contributed by atoms with Crippen molar-refractivity contribution in [1.82, 2.24) is 4.98 Å². The van der Waals surface area contributed by atoms with Crippen LogP contribution < -0.4 is 11.3 Å². The number of hydrogen-bond acceptors (Lipinski definition) is 2. The molecule has 3 N–H and O–H groups in total. The van der Waals surface area contributed by atoms with Crippen LogP contribution in [0.2, 0.25) is 0 Å². The molecule has 0 amide bonds. The Morgan fingerprint density at radius 3 is 2.80 bits per heavy atom. The van der Waals surface area contributed by atoms with Crippen LogP contribution in [0.25, 0.3) is 0 Å². The fourth-order valence-electron chi connectivity index (χ4n) is 0.674. The van der Waals surface area contributed by atoms with E-state index < -0.39 is 11.4 Å². The molecule has 0 aliphatic heterocycles. The van der Waals surface area contributed by atoms with E-state index in [0.29, 0.717) is 5.69 Å². The lowest BCUT2D eigenvalue weighted by Gasteiger charge is -1.93. The van der Waals surface area contributed by atoms with Crippen molar-refractivity contribution < 1.29 is 4.39 Å². The van der Waals surface area contributed by atoms with Gasteiger partial charge in [0.25, 0.3) is 5.56 Å². The largest absolute Gasteiger partial charge is 0.325 e. The predicted molar refractivity (Wildman–Crippen MR) is 34.9 cm³/mol. The van der Waals surface area contributed by atoms with Crippen LogP contribution in [0.5, 0.6) is 0 Å². The first-order valence-electron chi connectivity index (χ1n) is 2.81. The number of H-pyrrole nitrogens is 1. The quantitative estimate of drug-likeness (QED) is 0.578. The van der Waals surface area contributed by atoms with Crippen molar-refractivity contribution in [3.8, 4) is 0 Å². The smallest absolute Gasteiger partial charge is 0.251 e. The zero-order chi connectivity index (χ0) is 7.56. The van der Waals surface area contributed by atoms with E-state index >= 15 is 0 Å². The van der Waals surface area contributed by atoms with Gasteiger partial charge in [-0.3, -0.25) is 4.79 Å². The Labute approximate surface area is 56.7 Å². The maximum atomic E-state index is 12.3. The third-order valence-corrected chi connectivity index (χ3v) is 1.08. The van der Waals surface area contributed by atoms with Crippen LogP contribution in [-0.2, 0) is 6.54 Å². The standard InChI is InChI=1S/C6H7FN2O/c7-4-1-5(3-8)9-6(10)2-4/h1-2H,3,8H2,(H,9,10). The van der Waals surface area contributed by atoms with E-state index in [2.05, 4.69) is 4.98 Å². The molecule has 0 unspecified atom stereocenters. The minimum atomic E-state index is -0.552. The maximum Gasteiger partial charge on any atom is 0.251 e. The Morgan fingerprint density at radius 2 is 2.30 bits per heavy atom. The molecule has 0 atom stereocenters. The molecule has 1 rings (SSSR count). The lowest BCUT2D eigenvalue weighted by molar-refractivity contribution is 0.619. The van der Waals surface area contributed by atoms with Crippen LogP contribution in [0.4, 0.5) is 4.39 Å². The summed E-state index contributed by atoms with van der Waals surface area (Å²) in [5, 5.41) is 0. The molecule has 10 heavy (non-hydrogen) atoms. The van der Waals surface area contributed by atoms with E-state index in [9.17, 15) is 9.18 Å². The summed E-state index contributed by atoms with van der Waals surface area (Å²) in [5.74, 6) is -0.552. The summed E-state index contributed by atoms with van der Waals surface area (Å²) in [7, 11) is 0. The molecular weight excluding hydrogens is 135 g/mol. The average Bonchev–Trinajstić information content (AvgIpc) is 1.85. The summed E-state index contributed by atoms with van der Waals surface area (Å²) in [6, 6.07) is 2.07. The molecule has 0 bridgehead atoms. The Hall–Kier alpha value is -1.16. The zero-order valence-electron chi connectivity index (χ0n) is 5.23. The Bertz CT molecular complexity index is 281. The van der Waals surface area contributed by atoms with E-state index in [4.69, 9.17) is 5.73 Å². The van der Waals surface area contributed by atoms with Crippen molar-refractivity contribution in [2.24, 2.45) is 5.73 Å². The summed E-state index contributed by atoms with van der Waals surface area (Å²) >= 11 is 0. The fraction of sp³-hybridized carbons (Fsp3) is 0.167. The fourth-order valence-corrected chi connectivity index (χ4v) is 0.674. The molecule has 0 saturated heterocycles. The normalized spacial score (nSPS) is 9.80. The van der Waals surface area contributed by atoms with Crippen molar-refractivity contribution in [2.75, 3.05) is 0 Å². The number of rotatable bonds is 1. The number of halogens is 1. The summed E-state index contributed by atoms with van der Waals surface area (Å²) in [6.07, 6.45) is 0. The highest BCUT2D eigenvalue weighted by atomic mass is 19.1. The molecule has 1 heterocycles. The maximum absolute atomic E-state index is 12.3. The Balaban J connectivity index is 3.19. The van der Waals surface area contributed by atoms with Crippen molar-refractivity contribution >= 4 is 0 Å². The third kappa shape index (κ3) is 1.41. The molecule has 0 fully saturated rings. The van der Waals surface area contributed by atoms with Gasteiger partial charge in [0, 0.05) is 18.3 Å². The Morgan fingerprint density at radius 1 is 1.60 bits per heavy atom. The highest BCUT2D eigenvalue weighted by Gasteiger charge is 1.94. The van der Waals surface area contributed by atoms with Gasteiger partial charge in [-0.1, -0.05) is 0 Å². The van der Waals surface area contributed by atoms with Crippen molar-refractivity contribution in [3.05, 3.63) is 34.0 Å². The molecule has 1 aromatic heterocycles. The first-order chi connectivity index (χ1) is 4.72. The van der Waals surface area contributed by atoms with Gasteiger partial charge in [0.2, 0.25) is 0 Å². The number of hydrogen-bond donors (Lipinski definition) is 2.